The van der Waals surface area contributed by atoms with Crippen LogP contribution < -0.4 is 5.32 Å². The highest BCUT2D eigenvalue weighted by atomic mass is 35.5. The first-order chi connectivity index (χ1) is 9.88. The van der Waals surface area contributed by atoms with Gasteiger partial charge in [0, 0.05) is 5.56 Å². The van der Waals surface area contributed by atoms with Crippen LogP contribution in [0.4, 0.5) is 5.69 Å². The maximum Gasteiger partial charge on any atom is 0.339 e. The van der Waals surface area contributed by atoms with Crippen LogP contribution in [0.15, 0.2) is 36.4 Å². The van der Waals surface area contributed by atoms with E-state index in [0.29, 0.717) is 5.56 Å². The molecule has 2 aromatic carbocycles. The van der Waals surface area contributed by atoms with Crippen LogP contribution in [0.1, 0.15) is 31.8 Å². The van der Waals surface area contributed by atoms with E-state index in [1.165, 1.54) is 12.1 Å². The lowest BCUT2D eigenvalue weighted by atomic mass is 10.1. The SMILES string of the molecule is Cc1cc(C)cc(C(=O)Nc2cccc(Cl)c2C(=O)O)c1. The van der Waals surface area contributed by atoms with Gasteiger partial charge in [-0.25, -0.2) is 4.79 Å². The topological polar surface area (TPSA) is 66.4 Å². The first-order valence-electron chi connectivity index (χ1n) is 6.30. The first kappa shape index (κ1) is 15.1. The zero-order valence-electron chi connectivity index (χ0n) is 11.6. The third kappa shape index (κ3) is 3.41. The minimum Gasteiger partial charge on any atom is -0.478 e. The van der Waals surface area contributed by atoms with Gasteiger partial charge in [-0.1, -0.05) is 34.9 Å². The number of rotatable bonds is 3. The number of anilines is 1. The van der Waals surface area contributed by atoms with E-state index >= 15 is 0 Å². The minimum absolute atomic E-state index is 0.0840. The summed E-state index contributed by atoms with van der Waals surface area (Å²) in [5.74, 6) is -1.55. The Bertz CT molecular complexity index is 705. The van der Waals surface area contributed by atoms with Crippen molar-refractivity contribution in [2.24, 2.45) is 0 Å². The summed E-state index contributed by atoms with van der Waals surface area (Å²) in [5.41, 5.74) is 2.47. The minimum atomic E-state index is -1.18. The van der Waals surface area contributed by atoms with Crippen molar-refractivity contribution in [3.05, 3.63) is 63.7 Å². The monoisotopic (exact) mass is 303 g/mol. The molecular formula is C16H14ClNO3. The first-order valence-corrected chi connectivity index (χ1v) is 6.67. The number of benzene rings is 2. The number of amides is 1. The molecule has 4 nitrogen and oxygen atoms in total. The number of hydrogen-bond acceptors (Lipinski definition) is 2. The molecule has 0 bridgehead atoms. The van der Waals surface area contributed by atoms with Crippen molar-refractivity contribution in [1.82, 2.24) is 0 Å². The summed E-state index contributed by atoms with van der Waals surface area (Å²) in [7, 11) is 0. The molecule has 0 aromatic heterocycles. The van der Waals surface area contributed by atoms with Gasteiger partial charge in [0.15, 0.2) is 0 Å². The molecule has 2 aromatic rings. The second-order valence-electron chi connectivity index (χ2n) is 4.80. The number of carbonyl (C=O) groups is 2. The molecule has 0 aliphatic rings. The van der Waals surface area contributed by atoms with Gasteiger partial charge in [-0.3, -0.25) is 4.79 Å². The summed E-state index contributed by atoms with van der Waals surface area (Å²) < 4.78 is 0. The third-order valence-corrected chi connectivity index (χ3v) is 3.27. The molecule has 5 heteroatoms. The zero-order chi connectivity index (χ0) is 15.6. The van der Waals surface area contributed by atoms with Gasteiger partial charge in [-0.2, -0.15) is 0 Å². The second-order valence-corrected chi connectivity index (χ2v) is 5.21. The summed E-state index contributed by atoms with van der Waals surface area (Å²) >= 11 is 5.87. The summed E-state index contributed by atoms with van der Waals surface area (Å²) in [6, 6.07) is 10.0. The van der Waals surface area contributed by atoms with Crippen molar-refractivity contribution in [2.75, 3.05) is 5.32 Å². The Morgan fingerprint density at radius 1 is 1.10 bits per heavy atom. The molecule has 2 rings (SSSR count). The van der Waals surface area contributed by atoms with Gasteiger partial charge in [-0.05, 0) is 38.1 Å². The quantitative estimate of drug-likeness (QED) is 0.903. The number of aromatic carboxylic acids is 1. The highest BCUT2D eigenvalue weighted by molar-refractivity contribution is 6.34. The lowest BCUT2D eigenvalue weighted by Gasteiger charge is -2.10. The molecule has 1 amide bonds. The lowest BCUT2D eigenvalue weighted by Crippen LogP contribution is -2.15. The van der Waals surface area contributed by atoms with E-state index in [-0.39, 0.29) is 22.2 Å². The van der Waals surface area contributed by atoms with E-state index in [4.69, 9.17) is 11.6 Å². The van der Waals surface area contributed by atoms with Crippen LogP contribution >= 0.6 is 11.6 Å². The van der Waals surface area contributed by atoms with E-state index in [0.717, 1.165) is 11.1 Å². The summed E-state index contributed by atoms with van der Waals surface area (Å²) in [4.78, 5) is 23.5. The van der Waals surface area contributed by atoms with Gasteiger partial charge < -0.3 is 10.4 Å². The number of carbonyl (C=O) groups excluding carboxylic acids is 1. The molecule has 0 fully saturated rings. The normalized spacial score (nSPS) is 10.2. The number of carboxylic acid groups (broad SMARTS) is 1. The van der Waals surface area contributed by atoms with E-state index < -0.39 is 5.97 Å². The largest absolute Gasteiger partial charge is 0.478 e. The van der Waals surface area contributed by atoms with E-state index in [2.05, 4.69) is 5.32 Å². The number of halogens is 1. The summed E-state index contributed by atoms with van der Waals surface area (Å²) in [5, 5.41) is 11.9. The van der Waals surface area contributed by atoms with Gasteiger partial charge in [0.1, 0.15) is 5.56 Å². The average molecular weight is 304 g/mol. The summed E-state index contributed by atoms with van der Waals surface area (Å²) in [6.07, 6.45) is 0. The standard InChI is InChI=1S/C16H14ClNO3/c1-9-6-10(2)8-11(7-9)15(19)18-13-5-3-4-12(17)14(13)16(20)21/h3-8H,1-2H3,(H,18,19)(H,20,21). The Balaban J connectivity index is 2.36. The van der Waals surface area contributed by atoms with Crippen molar-refractivity contribution in [3.8, 4) is 0 Å². The lowest BCUT2D eigenvalue weighted by molar-refractivity contribution is 0.0698. The molecule has 108 valence electrons. The molecule has 0 saturated heterocycles. The summed E-state index contributed by atoms with van der Waals surface area (Å²) in [6.45, 7) is 3.79. The number of nitrogens with one attached hydrogen (secondary N) is 1. The molecule has 0 spiro atoms. The number of aryl methyl sites for hydroxylation is 2. The van der Waals surface area contributed by atoms with Gasteiger partial charge in [-0.15, -0.1) is 0 Å². The van der Waals surface area contributed by atoms with Crippen LogP contribution in [-0.4, -0.2) is 17.0 Å². The van der Waals surface area contributed by atoms with Crippen LogP contribution in [0.2, 0.25) is 5.02 Å². The van der Waals surface area contributed by atoms with Crippen LogP contribution in [0.5, 0.6) is 0 Å². The molecule has 2 N–H and O–H groups in total. The smallest absolute Gasteiger partial charge is 0.339 e. The fourth-order valence-electron chi connectivity index (χ4n) is 2.15. The van der Waals surface area contributed by atoms with E-state index in [9.17, 15) is 14.7 Å². The Labute approximate surface area is 127 Å². The average Bonchev–Trinajstić information content (AvgIpc) is 2.37. The predicted octanol–water partition coefficient (Wildman–Crippen LogP) is 3.91. The molecular weight excluding hydrogens is 290 g/mol. The van der Waals surface area contributed by atoms with Crippen LogP contribution in [0.25, 0.3) is 0 Å². The highest BCUT2D eigenvalue weighted by Crippen LogP contribution is 2.25. The van der Waals surface area contributed by atoms with Crippen molar-refractivity contribution < 1.29 is 14.7 Å². The van der Waals surface area contributed by atoms with Crippen molar-refractivity contribution >= 4 is 29.2 Å². The highest BCUT2D eigenvalue weighted by Gasteiger charge is 2.17. The number of hydrogen-bond donors (Lipinski definition) is 2. The molecule has 0 unspecified atom stereocenters. The van der Waals surface area contributed by atoms with Gasteiger partial charge >= 0.3 is 5.97 Å². The Kier molecular flexibility index (Phi) is 4.29. The van der Waals surface area contributed by atoms with Gasteiger partial charge in [0.05, 0.1) is 10.7 Å². The Hall–Kier alpha value is -2.33. The van der Waals surface area contributed by atoms with Crippen LogP contribution in [-0.2, 0) is 0 Å². The molecule has 0 heterocycles. The third-order valence-electron chi connectivity index (χ3n) is 2.96. The molecule has 0 aliphatic carbocycles. The van der Waals surface area contributed by atoms with Crippen LogP contribution in [0.3, 0.4) is 0 Å². The second kappa shape index (κ2) is 5.97. The van der Waals surface area contributed by atoms with E-state index in [1.54, 1.807) is 18.2 Å². The zero-order valence-corrected chi connectivity index (χ0v) is 12.4. The van der Waals surface area contributed by atoms with Gasteiger partial charge in [0.2, 0.25) is 0 Å². The Morgan fingerprint density at radius 3 is 2.29 bits per heavy atom. The Morgan fingerprint density at radius 2 is 1.71 bits per heavy atom. The van der Waals surface area contributed by atoms with Crippen molar-refractivity contribution in [2.45, 2.75) is 13.8 Å². The fraction of sp³-hybridized carbons (Fsp3) is 0.125. The molecule has 21 heavy (non-hydrogen) atoms. The molecule has 0 aliphatic heterocycles. The van der Waals surface area contributed by atoms with Crippen molar-refractivity contribution in [1.29, 1.82) is 0 Å². The fourth-order valence-corrected chi connectivity index (χ4v) is 2.40. The van der Waals surface area contributed by atoms with E-state index in [1.807, 2.05) is 19.9 Å². The van der Waals surface area contributed by atoms with Crippen LogP contribution in [0, 0.1) is 13.8 Å². The van der Waals surface area contributed by atoms with Gasteiger partial charge in [0.25, 0.3) is 5.91 Å². The molecule has 0 saturated carbocycles. The predicted molar refractivity (Wildman–Crippen MR) is 82.3 cm³/mol. The maximum atomic E-state index is 12.3. The van der Waals surface area contributed by atoms with Crippen molar-refractivity contribution in [3.63, 3.8) is 0 Å². The number of carboxylic acids is 1. The molecule has 0 atom stereocenters. The maximum absolute atomic E-state index is 12.3. The molecule has 0 radical (unpaired) electrons.